The van der Waals surface area contributed by atoms with Gasteiger partial charge in [-0.3, -0.25) is 0 Å². The van der Waals surface area contributed by atoms with Gasteiger partial charge in [-0.2, -0.15) is 0 Å². The van der Waals surface area contributed by atoms with E-state index in [2.05, 4.69) is 5.32 Å². The summed E-state index contributed by atoms with van der Waals surface area (Å²) in [6.07, 6.45) is 3.42. The fourth-order valence-corrected chi connectivity index (χ4v) is 2.22. The topological polar surface area (TPSA) is 71.0 Å². The number of ether oxygens (including phenoxy) is 2. The first-order valence-electron chi connectivity index (χ1n) is 6.86. The molecule has 0 amide bonds. The number of methoxy groups -OCH3 is 1. The lowest BCUT2D eigenvalue weighted by atomic mass is 9.87. The summed E-state index contributed by atoms with van der Waals surface area (Å²) < 4.78 is 10.1. The lowest BCUT2D eigenvalue weighted by Crippen LogP contribution is -2.35. The van der Waals surface area contributed by atoms with Gasteiger partial charge in [-0.15, -0.1) is 0 Å². The third-order valence-electron chi connectivity index (χ3n) is 3.37. The molecule has 1 fully saturated rings. The third kappa shape index (κ3) is 7.28. The maximum atomic E-state index is 9.65. The molecule has 0 heterocycles. The molecule has 1 atom stereocenters. The first-order valence-corrected chi connectivity index (χ1v) is 6.86. The third-order valence-corrected chi connectivity index (χ3v) is 3.37. The van der Waals surface area contributed by atoms with E-state index in [0.717, 1.165) is 32.2 Å². The smallest absolute Gasteiger partial charge is 0.0897 e. The van der Waals surface area contributed by atoms with Crippen LogP contribution < -0.4 is 5.32 Å². The molecule has 0 aliphatic heterocycles. The van der Waals surface area contributed by atoms with Crippen LogP contribution >= 0.6 is 0 Å². The Morgan fingerprint density at radius 1 is 1.22 bits per heavy atom. The van der Waals surface area contributed by atoms with Gasteiger partial charge in [0.2, 0.25) is 0 Å². The molecule has 1 unspecified atom stereocenters. The van der Waals surface area contributed by atoms with E-state index in [1.54, 1.807) is 7.11 Å². The van der Waals surface area contributed by atoms with Crippen LogP contribution in [0, 0.1) is 5.92 Å². The minimum atomic E-state index is -0.462. The van der Waals surface area contributed by atoms with Crippen LogP contribution in [0.5, 0.6) is 0 Å². The van der Waals surface area contributed by atoms with Gasteiger partial charge < -0.3 is 25.0 Å². The van der Waals surface area contributed by atoms with Crippen molar-refractivity contribution in [1.82, 2.24) is 5.32 Å². The largest absolute Gasteiger partial charge is 0.393 e. The molecule has 0 bridgehead atoms. The summed E-state index contributed by atoms with van der Waals surface area (Å²) >= 11 is 0. The standard InChI is InChI=1S/C13H27NO4/c1-17-6-7-18-10-13(16)9-14-8-11-2-4-12(15)5-3-11/h11-16H,2-10H2,1H3. The van der Waals surface area contributed by atoms with E-state index in [1.165, 1.54) is 0 Å². The number of aliphatic hydroxyl groups is 2. The Hall–Kier alpha value is -0.200. The van der Waals surface area contributed by atoms with Crippen LogP contribution in [0.15, 0.2) is 0 Å². The highest BCUT2D eigenvalue weighted by Crippen LogP contribution is 2.23. The minimum Gasteiger partial charge on any atom is -0.393 e. The number of hydrogen-bond donors (Lipinski definition) is 3. The van der Waals surface area contributed by atoms with Crippen molar-refractivity contribution in [3.05, 3.63) is 0 Å². The molecule has 1 saturated carbocycles. The predicted octanol–water partition coefficient (Wildman–Crippen LogP) is 0.151. The molecule has 18 heavy (non-hydrogen) atoms. The first kappa shape index (κ1) is 15.9. The van der Waals surface area contributed by atoms with Crippen molar-refractivity contribution < 1.29 is 19.7 Å². The quantitative estimate of drug-likeness (QED) is 0.515. The number of nitrogens with one attached hydrogen (secondary N) is 1. The van der Waals surface area contributed by atoms with Gasteiger partial charge in [0.05, 0.1) is 32.0 Å². The summed E-state index contributed by atoms with van der Waals surface area (Å²) in [5.41, 5.74) is 0. The highest BCUT2D eigenvalue weighted by atomic mass is 16.5. The van der Waals surface area contributed by atoms with Crippen molar-refractivity contribution in [2.75, 3.05) is 40.0 Å². The molecular formula is C13H27NO4. The molecule has 108 valence electrons. The van der Waals surface area contributed by atoms with Crippen LogP contribution in [0.3, 0.4) is 0 Å². The van der Waals surface area contributed by atoms with E-state index in [9.17, 15) is 10.2 Å². The molecule has 5 heteroatoms. The Balaban J connectivity index is 1.93. The van der Waals surface area contributed by atoms with E-state index >= 15 is 0 Å². The van der Waals surface area contributed by atoms with Gasteiger partial charge >= 0.3 is 0 Å². The maximum absolute atomic E-state index is 9.65. The normalized spacial score (nSPS) is 26.2. The second kappa shape index (κ2) is 9.69. The number of aliphatic hydroxyl groups excluding tert-OH is 2. The molecule has 0 saturated heterocycles. The van der Waals surface area contributed by atoms with Gasteiger partial charge in [-0.25, -0.2) is 0 Å². The zero-order valence-electron chi connectivity index (χ0n) is 11.3. The van der Waals surface area contributed by atoms with Crippen LogP contribution in [0.25, 0.3) is 0 Å². The Labute approximate surface area is 109 Å². The Bertz CT molecular complexity index is 195. The summed E-state index contributed by atoms with van der Waals surface area (Å²) in [4.78, 5) is 0. The Morgan fingerprint density at radius 2 is 1.94 bits per heavy atom. The van der Waals surface area contributed by atoms with E-state index in [4.69, 9.17) is 9.47 Å². The molecule has 0 aromatic rings. The summed E-state index contributed by atoms with van der Waals surface area (Å²) in [5.74, 6) is 0.634. The van der Waals surface area contributed by atoms with Crippen molar-refractivity contribution in [3.8, 4) is 0 Å². The highest BCUT2D eigenvalue weighted by molar-refractivity contribution is 4.73. The number of hydrogen-bond acceptors (Lipinski definition) is 5. The molecular weight excluding hydrogens is 234 g/mol. The van der Waals surface area contributed by atoms with Crippen molar-refractivity contribution in [2.24, 2.45) is 5.92 Å². The first-order chi connectivity index (χ1) is 8.72. The van der Waals surface area contributed by atoms with E-state index in [1.807, 2.05) is 0 Å². The lowest BCUT2D eigenvalue weighted by Gasteiger charge is -2.25. The Kier molecular flexibility index (Phi) is 8.54. The van der Waals surface area contributed by atoms with Crippen molar-refractivity contribution in [2.45, 2.75) is 37.9 Å². The minimum absolute atomic E-state index is 0.0963. The van der Waals surface area contributed by atoms with Crippen molar-refractivity contribution in [1.29, 1.82) is 0 Å². The predicted molar refractivity (Wildman–Crippen MR) is 69.5 cm³/mol. The highest BCUT2D eigenvalue weighted by Gasteiger charge is 2.19. The molecule has 3 N–H and O–H groups in total. The lowest BCUT2D eigenvalue weighted by molar-refractivity contribution is 0.0132. The fraction of sp³-hybridized carbons (Fsp3) is 1.00. The number of rotatable bonds is 9. The molecule has 1 aliphatic carbocycles. The van der Waals surface area contributed by atoms with Gasteiger partial charge in [-0.05, 0) is 38.1 Å². The average Bonchev–Trinajstić information content (AvgIpc) is 2.37. The summed E-state index contributed by atoms with van der Waals surface area (Å²) in [5, 5.41) is 22.3. The summed E-state index contributed by atoms with van der Waals surface area (Å²) in [6.45, 7) is 2.91. The monoisotopic (exact) mass is 261 g/mol. The molecule has 0 aromatic carbocycles. The summed E-state index contributed by atoms with van der Waals surface area (Å²) in [7, 11) is 1.63. The second-order valence-electron chi connectivity index (χ2n) is 5.05. The molecule has 0 aromatic heterocycles. The van der Waals surface area contributed by atoms with Gasteiger partial charge in [-0.1, -0.05) is 0 Å². The van der Waals surface area contributed by atoms with Crippen LogP contribution in [0.2, 0.25) is 0 Å². The van der Waals surface area contributed by atoms with Gasteiger partial charge in [0.15, 0.2) is 0 Å². The SMILES string of the molecule is COCCOCC(O)CNCC1CCC(O)CC1. The van der Waals surface area contributed by atoms with Crippen LogP contribution in [0.1, 0.15) is 25.7 Å². The van der Waals surface area contributed by atoms with Crippen LogP contribution in [0.4, 0.5) is 0 Å². The van der Waals surface area contributed by atoms with Crippen molar-refractivity contribution in [3.63, 3.8) is 0 Å². The van der Waals surface area contributed by atoms with E-state index in [0.29, 0.717) is 32.3 Å². The van der Waals surface area contributed by atoms with Crippen molar-refractivity contribution >= 4 is 0 Å². The van der Waals surface area contributed by atoms with E-state index in [-0.39, 0.29) is 6.10 Å². The maximum Gasteiger partial charge on any atom is 0.0897 e. The molecule has 1 rings (SSSR count). The summed E-state index contributed by atoms with van der Waals surface area (Å²) in [6, 6.07) is 0. The average molecular weight is 261 g/mol. The zero-order valence-corrected chi connectivity index (χ0v) is 11.3. The van der Waals surface area contributed by atoms with Gasteiger partial charge in [0.25, 0.3) is 0 Å². The van der Waals surface area contributed by atoms with Crippen LogP contribution in [-0.2, 0) is 9.47 Å². The van der Waals surface area contributed by atoms with Crippen LogP contribution in [-0.4, -0.2) is 62.4 Å². The fourth-order valence-electron chi connectivity index (χ4n) is 2.22. The molecule has 0 spiro atoms. The van der Waals surface area contributed by atoms with E-state index < -0.39 is 6.10 Å². The van der Waals surface area contributed by atoms with Gasteiger partial charge in [0.1, 0.15) is 0 Å². The Morgan fingerprint density at radius 3 is 2.61 bits per heavy atom. The molecule has 5 nitrogen and oxygen atoms in total. The molecule has 1 aliphatic rings. The van der Waals surface area contributed by atoms with Gasteiger partial charge in [0, 0.05) is 13.7 Å². The molecule has 0 radical (unpaired) electrons. The second-order valence-corrected chi connectivity index (χ2v) is 5.05. The zero-order chi connectivity index (χ0) is 13.2.